The van der Waals surface area contributed by atoms with E-state index in [1.165, 1.54) is 16.7 Å². The van der Waals surface area contributed by atoms with Gasteiger partial charge in [-0.3, -0.25) is 4.79 Å². The van der Waals surface area contributed by atoms with E-state index in [1.807, 2.05) is 14.0 Å². The number of nitrogens with zero attached hydrogens (tertiary/aromatic N) is 1. The smallest absolute Gasteiger partial charge is 0.353 e. The van der Waals surface area contributed by atoms with Crippen LogP contribution < -0.4 is 10.6 Å². The number of carboxylic acid groups (broad SMARTS) is 1. The number of hydrogen-bond donors (Lipinski definition) is 5. The zero-order valence-electron chi connectivity index (χ0n) is 16.1. The molecule has 1 amide bonds. The number of carbonyl (C=O) groups is 2. The third-order valence-electron chi connectivity index (χ3n) is 5.88. The third-order valence-corrected chi connectivity index (χ3v) is 7.39. The Balaban J connectivity index is 0.00000280. The fourth-order valence-electron chi connectivity index (χ4n) is 4.48. The van der Waals surface area contributed by atoms with Gasteiger partial charge >= 0.3 is 5.97 Å². The van der Waals surface area contributed by atoms with Crippen LogP contribution in [0.1, 0.15) is 26.2 Å². The second-order valence-electron chi connectivity index (χ2n) is 7.57. The van der Waals surface area contributed by atoms with Crippen molar-refractivity contribution in [1.29, 1.82) is 0 Å². The van der Waals surface area contributed by atoms with Gasteiger partial charge in [0.1, 0.15) is 5.70 Å². The monoisotopic (exact) mass is 435 g/mol. The molecule has 0 aromatic heterocycles. The Hall–Kier alpha value is -0.840. The molecular weight excluding hydrogens is 406 g/mol. The highest BCUT2D eigenvalue weighted by molar-refractivity contribution is 8.03. The predicted octanol–water partition coefficient (Wildman–Crippen LogP) is -0.00240. The van der Waals surface area contributed by atoms with Crippen molar-refractivity contribution in [3.63, 3.8) is 0 Å². The molecule has 3 rings (SSSR count). The number of aliphatic hydroxyl groups is 2. The van der Waals surface area contributed by atoms with Crippen molar-refractivity contribution < 1.29 is 24.9 Å². The van der Waals surface area contributed by atoms with Gasteiger partial charge in [0.15, 0.2) is 0 Å². The number of nitrogens with one attached hydrogen (secondary N) is 2. The molecule has 28 heavy (non-hydrogen) atoms. The van der Waals surface area contributed by atoms with Gasteiger partial charge in [-0.15, -0.1) is 24.2 Å². The van der Waals surface area contributed by atoms with E-state index in [4.69, 9.17) is 0 Å². The van der Waals surface area contributed by atoms with Gasteiger partial charge in [-0.2, -0.15) is 0 Å². The van der Waals surface area contributed by atoms with Crippen molar-refractivity contribution in [3.8, 4) is 0 Å². The molecule has 6 atom stereocenters. The van der Waals surface area contributed by atoms with Crippen LogP contribution in [0.2, 0.25) is 0 Å². The van der Waals surface area contributed by atoms with Crippen LogP contribution in [0, 0.1) is 11.8 Å². The minimum absolute atomic E-state index is 0. The molecule has 2 saturated heterocycles. The molecule has 3 heterocycles. The lowest BCUT2D eigenvalue weighted by molar-refractivity contribution is -0.157. The van der Waals surface area contributed by atoms with Gasteiger partial charge < -0.3 is 30.9 Å². The van der Waals surface area contributed by atoms with Crippen LogP contribution in [0.5, 0.6) is 0 Å². The summed E-state index contributed by atoms with van der Waals surface area (Å²) in [5, 5.41) is 35.7. The van der Waals surface area contributed by atoms with Crippen LogP contribution in [-0.2, 0) is 9.59 Å². The largest absolute Gasteiger partial charge is 0.477 e. The summed E-state index contributed by atoms with van der Waals surface area (Å²) in [6, 6.07) is -0.160. The van der Waals surface area contributed by atoms with Gasteiger partial charge in [0, 0.05) is 35.3 Å². The molecule has 0 saturated carbocycles. The molecule has 0 spiro atoms. The summed E-state index contributed by atoms with van der Waals surface area (Å²) in [6.07, 6.45) is 1.36. The molecule has 0 aromatic rings. The number of fused-ring (bicyclic) bond motifs is 1. The first kappa shape index (κ1) is 23.4. The van der Waals surface area contributed by atoms with Crippen LogP contribution in [0.15, 0.2) is 10.6 Å². The van der Waals surface area contributed by atoms with Gasteiger partial charge in [-0.05, 0) is 32.9 Å². The summed E-state index contributed by atoms with van der Waals surface area (Å²) in [4.78, 5) is 26.4. The molecule has 5 N–H and O–H groups in total. The van der Waals surface area contributed by atoms with Gasteiger partial charge in [0.2, 0.25) is 5.91 Å². The number of halogens is 1. The standard InChI is InChI=1S/C18H29N3O5S.ClH/c1-9-14-11(4-6-22)17(24)21(14)15(18(25)26)16(9)27-10-7-12(20-8-10)13(23)3-5-19-2;/h9-14,19-20,22-23H,3-8H2,1-2H3,(H,25,26);1H. The van der Waals surface area contributed by atoms with Crippen LogP contribution in [-0.4, -0.2) is 82.3 Å². The molecule has 160 valence electrons. The van der Waals surface area contributed by atoms with Crippen molar-refractivity contribution in [1.82, 2.24) is 15.5 Å². The van der Waals surface area contributed by atoms with E-state index in [1.54, 1.807) is 0 Å². The number of amides is 1. The second-order valence-corrected chi connectivity index (χ2v) is 8.92. The van der Waals surface area contributed by atoms with Crippen molar-refractivity contribution in [3.05, 3.63) is 10.6 Å². The third kappa shape index (κ3) is 4.20. The van der Waals surface area contributed by atoms with E-state index in [0.717, 1.165) is 17.9 Å². The Morgan fingerprint density at radius 3 is 2.79 bits per heavy atom. The molecule has 0 bridgehead atoms. The summed E-state index contributed by atoms with van der Waals surface area (Å²) in [5.74, 6) is -1.61. The number of rotatable bonds is 9. The quantitative estimate of drug-likeness (QED) is 0.321. The van der Waals surface area contributed by atoms with E-state index in [-0.39, 0.29) is 59.8 Å². The highest BCUT2D eigenvalue weighted by atomic mass is 35.5. The predicted molar refractivity (Wildman–Crippen MR) is 109 cm³/mol. The molecule has 0 aliphatic carbocycles. The second kappa shape index (κ2) is 9.77. The molecule has 3 aliphatic heterocycles. The Bertz CT molecular complexity index is 634. The molecule has 8 nitrogen and oxygen atoms in total. The Morgan fingerprint density at radius 1 is 1.46 bits per heavy atom. The Labute approximate surface area is 175 Å². The number of β-lactam (4-membered cyclic amide) rings is 1. The first-order valence-electron chi connectivity index (χ1n) is 9.54. The summed E-state index contributed by atoms with van der Waals surface area (Å²) in [7, 11) is 1.85. The molecule has 10 heteroatoms. The average molecular weight is 436 g/mol. The average Bonchev–Trinajstić information content (AvgIpc) is 3.20. The van der Waals surface area contributed by atoms with Crippen molar-refractivity contribution >= 4 is 36.0 Å². The van der Waals surface area contributed by atoms with Crippen LogP contribution >= 0.6 is 24.2 Å². The summed E-state index contributed by atoms with van der Waals surface area (Å²) < 4.78 is 0. The van der Waals surface area contributed by atoms with Crippen LogP contribution in [0.4, 0.5) is 0 Å². The highest BCUT2D eigenvalue weighted by Crippen LogP contribution is 2.51. The SMILES string of the molecule is CNCCC(O)C1CC(SC2=C(C(=O)O)N3C(=O)C(CCO)C3C2C)CN1.Cl. The maximum atomic E-state index is 12.4. The summed E-state index contributed by atoms with van der Waals surface area (Å²) in [5.41, 5.74) is 0.107. The number of thioether (sulfide) groups is 1. The number of aliphatic hydroxyl groups excluding tert-OH is 2. The first-order valence-corrected chi connectivity index (χ1v) is 10.4. The molecule has 6 unspecified atom stereocenters. The van der Waals surface area contributed by atoms with Crippen molar-refractivity contribution in [2.24, 2.45) is 11.8 Å². The Kier molecular flexibility index (Phi) is 8.18. The number of aliphatic carboxylic acids is 1. The molecule has 2 fully saturated rings. The summed E-state index contributed by atoms with van der Waals surface area (Å²) >= 11 is 1.53. The topological polar surface area (TPSA) is 122 Å². The minimum Gasteiger partial charge on any atom is -0.477 e. The van der Waals surface area contributed by atoms with E-state index < -0.39 is 12.1 Å². The maximum absolute atomic E-state index is 12.4. The van der Waals surface area contributed by atoms with E-state index in [9.17, 15) is 24.9 Å². The first-order chi connectivity index (χ1) is 12.9. The van der Waals surface area contributed by atoms with Crippen molar-refractivity contribution in [2.75, 3.05) is 26.7 Å². The Morgan fingerprint density at radius 2 is 2.18 bits per heavy atom. The molecule has 0 radical (unpaired) electrons. The van der Waals surface area contributed by atoms with Crippen molar-refractivity contribution in [2.45, 2.75) is 49.6 Å². The van der Waals surface area contributed by atoms with Crippen LogP contribution in [0.3, 0.4) is 0 Å². The normalized spacial score (nSPS) is 32.8. The highest BCUT2D eigenvalue weighted by Gasteiger charge is 2.58. The minimum atomic E-state index is -1.07. The summed E-state index contributed by atoms with van der Waals surface area (Å²) in [6.45, 7) is 3.34. The van der Waals surface area contributed by atoms with Gasteiger partial charge in [0.05, 0.1) is 18.1 Å². The van der Waals surface area contributed by atoms with E-state index >= 15 is 0 Å². The zero-order valence-corrected chi connectivity index (χ0v) is 17.8. The van der Waals surface area contributed by atoms with E-state index in [2.05, 4.69) is 10.6 Å². The van der Waals surface area contributed by atoms with Gasteiger partial charge in [0.25, 0.3) is 0 Å². The molecule has 0 aromatic carbocycles. The molecular formula is C18H30ClN3O5S. The fraction of sp³-hybridized carbons (Fsp3) is 0.778. The lowest BCUT2D eigenvalue weighted by Crippen LogP contribution is -2.60. The number of hydrogen-bond acceptors (Lipinski definition) is 7. The lowest BCUT2D eigenvalue weighted by Gasteiger charge is -2.45. The van der Waals surface area contributed by atoms with E-state index in [0.29, 0.717) is 19.4 Å². The molecule has 3 aliphatic rings. The van der Waals surface area contributed by atoms with Crippen LogP contribution in [0.25, 0.3) is 0 Å². The number of carbonyl (C=O) groups excluding carboxylic acids is 1. The van der Waals surface area contributed by atoms with Gasteiger partial charge in [-0.25, -0.2) is 4.79 Å². The maximum Gasteiger partial charge on any atom is 0.353 e. The fourth-order valence-corrected chi connectivity index (χ4v) is 5.98. The lowest BCUT2D eigenvalue weighted by atomic mass is 9.80. The zero-order chi connectivity index (χ0) is 19.7. The number of carboxylic acids is 1. The van der Waals surface area contributed by atoms with Gasteiger partial charge in [-0.1, -0.05) is 6.92 Å².